The van der Waals surface area contributed by atoms with Crippen LogP contribution >= 0.6 is 0 Å². The third kappa shape index (κ3) is 2.62. The van der Waals surface area contributed by atoms with E-state index in [2.05, 4.69) is 10.3 Å². The van der Waals surface area contributed by atoms with Gasteiger partial charge in [0.25, 0.3) is 0 Å². The van der Waals surface area contributed by atoms with Crippen LogP contribution in [-0.4, -0.2) is 41.1 Å². The van der Waals surface area contributed by atoms with Crippen molar-refractivity contribution < 1.29 is 14.9 Å². The molecule has 0 aliphatic rings. The quantitative estimate of drug-likeness (QED) is 0.663. The first-order valence-electron chi connectivity index (χ1n) is 5.20. The number of methoxy groups -OCH3 is 1. The number of nitrogens with zero attached hydrogens (tertiary/aromatic N) is 1. The summed E-state index contributed by atoms with van der Waals surface area (Å²) in [4.78, 5) is 4.12. The maximum absolute atomic E-state index is 9.31. The normalized spacial score (nSPS) is 11.2. The second kappa shape index (κ2) is 5.67. The van der Waals surface area contributed by atoms with Gasteiger partial charge >= 0.3 is 0 Å². The highest BCUT2D eigenvalue weighted by molar-refractivity contribution is 5.51. The van der Waals surface area contributed by atoms with Crippen molar-refractivity contribution in [2.75, 3.05) is 25.6 Å². The molecule has 0 aliphatic heterocycles. The molecule has 1 rings (SSSR count). The van der Waals surface area contributed by atoms with E-state index >= 15 is 0 Å². The molecule has 0 fully saturated rings. The highest BCUT2D eigenvalue weighted by Gasteiger charge is 2.27. The molecule has 1 heterocycles. The van der Waals surface area contributed by atoms with E-state index in [0.29, 0.717) is 18.0 Å². The van der Waals surface area contributed by atoms with Crippen LogP contribution in [0.2, 0.25) is 0 Å². The number of anilines is 1. The van der Waals surface area contributed by atoms with E-state index in [9.17, 15) is 10.2 Å². The van der Waals surface area contributed by atoms with Gasteiger partial charge in [-0.3, -0.25) is 0 Å². The Hall–Kier alpha value is -1.33. The third-order valence-electron chi connectivity index (χ3n) is 2.66. The minimum Gasteiger partial charge on any atom is -0.493 e. The van der Waals surface area contributed by atoms with Crippen LogP contribution in [0.1, 0.15) is 13.3 Å². The Kier molecular flexibility index (Phi) is 4.52. The number of hydrogen-bond acceptors (Lipinski definition) is 5. The van der Waals surface area contributed by atoms with Gasteiger partial charge in [0, 0.05) is 6.20 Å². The van der Waals surface area contributed by atoms with Crippen molar-refractivity contribution in [2.24, 2.45) is 0 Å². The Balaban J connectivity index is 2.93. The number of ether oxygens (including phenoxy) is 1. The summed E-state index contributed by atoms with van der Waals surface area (Å²) in [7, 11) is 1.55. The van der Waals surface area contributed by atoms with Gasteiger partial charge in [-0.25, -0.2) is 4.98 Å². The van der Waals surface area contributed by atoms with E-state index in [1.54, 1.807) is 25.4 Å². The maximum atomic E-state index is 9.31. The number of nitrogens with one attached hydrogen (secondary N) is 1. The molecule has 0 bridgehead atoms. The van der Waals surface area contributed by atoms with Gasteiger partial charge in [-0.1, -0.05) is 6.92 Å². The Morgan fingerprint density at radius 1 is 1.44 bits per heavy atom. The van der Waals surface area contributed by atoms with E-state index < -0.39 is 5.54 Å². The summed E-state index contributed by atoms with van der Waals surface area (Å²) < 4.78 is 5.14. The first kappa shape index (κ1) is 12.7. The van der Waals surface area contributed by atoms with Crippen LogP contribution in [0, 0.1) is 0 Å². The summed E-state index contributed by atoms with van der Waals surface area (Å²) in [5.74, 6) is 1.11. The van der Waals surface area contributed by atoms with Crippen molar-refractivity contribution in [3.63, 3.8) is 0 Å². The lowest BCUT2D eigenvalue weighted by molar-refractivity contribution is 0.132. The standard InChI is InChI=1S/C11H18N2O3/c1-3-11(7-14,8-15)13-10-9(16-2)5-4-6-12-10/h4-6,14-15H,3,7-8H2,1-2H3,(H,12,13). The molecule has 5 nitrogen and oxygen atoms in total. The van der Waals surface area contributed by atoms with Crippen molar-refractivity contribution in [2.45, 2.75) is 18.9 Å². The summed E-state index contributed by atoms with van der Waals surface area (Å²) in [6, 6.07) is 3.53. The molecule has 0 radical (unpaired) electrons. The van der Waals surface area contributed by atoms with Gasteiger partial charge in [0.15, 0.2) is 11.6 Å². The monoisotopic (exact) mass is 226 g/mol. The van der Waals surface area contributed by atoms with E-state index in [1.165, 1.54) is 0 Å². The van der Waals surface area contributed by atoms with Gasteiger partial charge < -0.3 is 20.3 Å². The molecule has 0 atom stereocenters. The highest BCUT2D eigenvalue weighted by Crippen LogP contribution is 2.25. The third-order valence-corrected chi connectivity index (χ3v) is 2.66. The Morgan fingerprint density at radius 2 is 2.12 bits per heavy atom. The molecule has 1 aromatic rings. The first-order chi connectivity index (χ1) is 7.71. The maximum Gasteiger partial charge on any atom is 0.169 e. The predicted molar refractivity (Wildman–Crippen MR) is 61.6 cm³/mol. The second-order valence-corrected chi connectivity index (χ2v) is 3.63. The average Bonchev–Trinajstić information content (AvgIpc) is 2.36. The zero-order valence-corrected chi connectivity index (χ0v) is 9.60. The van der Waals surface area contributed by atoms with Crippen LogP contribution in [0.5, 0.6) is 5.75 Å². The lowest BCUT2D eigenvalue weighted by Gasteiger charge is -2.30. The molecule has 0 aromatic carbocycles. The van der Waals surface area contributed by atoms with Gasteiger partial charge in [-0.05, 0) is 18.6 Å². The fourth-order valence-electron chi connectivity index (χ4n) is 1.34. The van der Waals surface area contributed by atoms with Crippen LogP contribution < -0.4 is 10.1 Å². The zero-order chi connectivity index (χ0) is 12.0. The van der Waals surface area contributed by atoms with Gasteiger partial charge in [0.1, 0.15) is 0 Å². The molecular weight excluding hydrogens is 208 g/mol. The lowest BCUT2D eigenvalue weighted by atomic mass is 9.98. The molecule has 0 saturated heterocycles. The summed E-state index contributed by atoms with van der Waals surface area (Å²) in [5.41, 5.74) is -0.762. The fourth-order valence-corrected chi connectivity index (χ4v) is 1.34. The van der Waals surface area contributed by atoms with E-state index in [0.717, 1.165) is 0 Å². The molecule has 0 saturated carbocycles. The van der Waals surface area contributed by atoms with Gasteiger partial charge in [-0.15, -0.1) is 0 Å². The SMILES string of the molecule is CCC(CO)(CO)Nc1ncccc1OC. The molecule has 0 spiro atoms. The van der Waals surface area contributed by atoms with Gasteiger partial charge in [0.2, 0.25) is 0 Å². The minimum absolute atomic E-state index is 0.167. The Labute approximate surface area is 95.1 Å². The van der Waals surface area contributed by atoms with Crippen LogP contribution in [0.15, 0.2) is 18.3 Å². The van der Waals surface area contributed by atoms with Crippen LogP contribution in [0.4, 0.5) is 5.82 Å². The van der Waals surface area contributed by atoms with Crippen molar-refractivity contribution >= 4 is 5.82 Å². The number of aliphatic hydroxyl groups excluding tert-OH is 2. The van der Waals surface area contributed by atoms with E-state index in [4.69, 9.17) is 4.74 Å². The number of hydrogen-bond donors (Lipinski definition) is 3. The van der Waals surface area contributed by atoms with Crippen molar-refractivity contribution in [3.8, 4) is 5.75 Å². The molecule has 90 valence electrons. The average molecular weight is 226 g/mol. The molecule has 0 unspecified atom stereocenters. The number of aromatic nitrogens is 1. The molecular formula is C11H18N2O3. The molecule has 0 amide bonds. The summed E-state index contributed by atoms with van der Waals surface area (Å²) in [6.07, 6.45) is 2.21. The van der Waals surface area contributed by atoms with Crippen LogP contribution in [-0.2, 0) is 0 Å². The molecule has 0 aliphatic carbocycles. The smallest absolute Gasteiger partial charge is 0.169 e. The van der Waals surface area contributed by atoms with Crippen molar-refractivity contribution in [3.05, 3.63) is 18.3 Å². The van der Waals surface area contributed by atoms with E-state index in [-0.39, 0.29) is 13.2 Å². The van der Waals surface area contributed by atoms with Gasteiger partial charge in [-0.2, -0.15) is 0 Å². The largest absolute Gasteiger partial charge is 0.493 e. The zero-order valence-electron chi connectivity index (χ0n) is 9.60. The first-order valence-corrected chi connectivity index (χ1v) is 5.20. The van der Waals surface area contributed by atoms with Crippen molar-refractivity contribution in [1.82, 2.24) is 4.98 Å². The Morgan fingerprint density at radius 3 is 2.62 bits per heavy atom. The summed E-state index contributed by atoms with van der Waals surface area (Å²) in [6.45, 7) is 1.55. The van der Waals surface area contributed by atoms with Gasteiger partial charge in [0.05, 0.1) is 25.9 Å². The molecule has 3 N–H and O–H groups in total. The number of aliphatic hydroxyl groups is 2. The second-order valence-electron chi connectivity index (χ2n) is 3.63. The summed E-state index contributed by atoms with van der Waals surface area (Å²) in [5, 5.41) is 21.6. The fraction of sp³-hybridized carbons (Fsp3) is 0.545. The summed E-state index contributed by atoms with van der Waals surface area (Å²) >= 11 is 0. The Bertz CT molecular complexity index is 318. The van der Waals surface area contributed by atoms with Crippen molar-refractivity contribution in [1.29, 1.82) is 0 Å². The lowest BCUT2D eigenvalue weighted by Crippen LogP contribution is -2.45. The van der Waals surface area contributed by atoms with E-state index in [1.807, 2.05) is 6.92 Å². The van der Waals surface area contributed by atoms with Crippen LogP contribution in [0.25, 0.3) is 0 Å². The minimum atomic E-state index is -0.762. The molecule has 5 heteroatoms. The number of pyridine rings is 1. The molecule has 1 aromatic heterocycles. The topological polar surface area (TPSA) is 74.6 Å². The predicted octanol–water partition coefficient (Wildman–Crippen LogP) is 0.635. The van der Waals surface area contributed by atoms with Crippen LogP contribution in [0.3, 0.4) is 0 Å². The molecule has 16 heavy (non-hydrogen) atoms. The highest BCUT2D eigenvalue weighted by atomic mass is 16.5. The number of rotatable bonds is 6.